The van der Waals surface area contributed by atoms with Crippen molar-refractivity contribution in [2.24, 2.45) is 0 Å². The molecule has 0 saturated carbocycles. The highest BCUT2D eigenvalue weighted by Crippen LogP contribution is 2.18. The second-order valence-electron chi connectivity index (χ2n) is 4.83. The monoisotopic (exact) mass is 335 g/mol. The molecule has 0 fully saturated rings. The lowest BCUT2D eigenvalue weighted by Gasteiger charge is -2.11. The molecular formula is C16H18ClN3O3. The fourth-order valence-corrected chi connectivity index (χ4v) is 1.88. The molecule has 1 atom stereocenters. The van der Waals surface area contributed by atoms with E-state index in [9.17, 15) is 4.79 Å². The van der Waals surface area contributed by atoms with Crippen LogP contribution >= 0.6 is 11.6 Å². The second-order valence-corrected chi connectivity index (χ2v) is 5.26. The van der Waals surface area contributed by atoms with Gasteiger partial charge in [0.15, 0.2) is 0 Å². The van der Waals surface area contributed by atoms with Crippen LogP contribution in [0.3, 0.4) is 0 Å². The largest absolute Gasteiger partial charge is 0.368 e. The SMILES string of the molecule is C=CCCOC(C)C(=O)NCc1nc(-c2ccc(Cl)cc2)no1. The van der Waals surface area contributed by atoms with Crippen LogP contribution in [0.2, 0.25) is 5.02 Å². The number of benzene rings is 1. The van der Waals surface area contributed by atoms with E-state index in [2.05, 4.69) is 22.0 Å². The van der Waals surface area contributed by atoms with Crippen molar-refractivity contribution in [2.45, 2.75) is 26.0 Å². The molecule has 1 N–H and O–H groups in total. The van der Waals surface area contributed by atoms with E-state index in [1.807, 2.05) is 0 Å². The Hall–Kier alpha value is -2.18. The van der Waals surface area contributed by atoms with Gasteiger partial charge in [0.05, 0.1) is 13.2 Å². The zero-order valence-electron chi connectivity index (χ0n) is 12.8. The Bertz CT molecular complexity index is 655. The van der Waals surface area contributed by atoms with Gasteiger partial charge in [-0.2, -0.15) is 4.98 Å². The maximum Gasteiger partial charge on any atom is 0.249 e. The summed E-state index contributed by atoms with van der Waals surface area (Å²) in [5.74, 6) is 0.531. The van der Waals surface area contributed by atoms with Crippen molar-refractivity contribution in [3.05, 3.63) is 47.8 Å². The molecule has 1 aromatic heterocycles. The fourth-order valence-electron chi connectivity index (χ4n) is 1.75. The van der Waals surface area contributed by atoms with E-state index in [1.165, 1.54) is 0 Å². The summed E-state index contributed by atoms with van der Waals surface area (Å²) in [6.07, 6.45) is 1.89. The number of amides is 1. The summed E-state index contributed by atoms with van der Waals surface area (Å²) in [5, 5.41) is 7.20. The van der Waals surface area contributed by atoms with Crippen LogP contribution in [0.1, 0.15) is 19.2 Å². The topological polar surface area (TPSA) is 77.2 Å². The van der Waals surface area contributed by atoms with Crippen LogP contribution in [0.15, 0.2) is 41.4 Å². The molecule has 1 aromatic carbocycles. The Balaban J connectivity index is 1.86. The van der Waals surface area contributed by atoms with E-state index in [0.717, 1.165) is 5.56 Å². The summed E-state index contributed by atoms with van der Waals surface area (Å²) in [7, 11) is 0. The minimum absolute atomic E-state index is 0.147. The standard InChI is InChI=1S/C16H18ClN3O3/c1-3-4-9-22-11(2)16(21)18-10-14-19-15(20-23-14)12-5-7-13(17)8-6-12/h3,5-8,11H,1,4,9-10H2,2H3,(H,18,21). The summed E-state index contributed by atoms with van der Waals surface area (Å²) in [5.41, 5.74) is 0.789. The van der Waals surface area contributed by atoms with Crippen molar-refractivity contribution in [2.75, 3.05) is 6.61 Å². The van der Waals surface area contributed by atoms with E-state index in [-0.39, 0.29) is 12.5 Å². The maximum atomic E-state index is 11.9. The number of aromatic nitrogens is 2. The average molecular weight is 336 g/mol. The second kappa shape index (κ2) is 8.45. The lowest BCUT2D eigenvalue weighted by atomic mass is 10.2. The van der Waals surface area contributed by atoms with Gasteiger partial charge >= 0.3 is 0 Å². The number of hydrogen-bond donors (Lipinski definition) is 1. The molecule has 0 aliphatic heterocycles. The number of halogens is 1. The summed E-state index contributed by atoms with van der Waals surface area (Å²) >= 11 is 5.83. The molecule has 1 heterocycles. The van der Waals surface area contributed by atoms with Crippen molar-refractivity contribution in [3.8, 4) is 11.4 Å². The predicted molar refractivity (Wildman–Crippen MR) is 86.8 cm³/mol. The molecule has 7 heteroatoms. The molecular weight excluding hydrogens is 318 g/mol. The fraction of sp³-hybridized carbons (Fsp3) is 0.312. The maximum absolute atomic E-state index is 11.9. The Kier molecular flexibility index (Phi) is 6.31. The van der Waals surface area contributed by atoms with Crippen molar-refractivity contribution in [1.82, 2.24) is 15.5 Å². The molecule has 0 aliphatic rings. The highest BCUT2D eigenvalue weighted by atomic mass is 35.5. The Morgan fingerprint density at radius 2 is 2.22 bits per heavy atom. The number of hydrogen-bond acceptors (Lipinski definition) is 5. The smallest absolute Gasteiger partial charge is 0.249 e. The molecule has 1 amide bonds. The van der Waals surface area contributed by atoms with Crippen LogP contribution in [0, 0.1) is 0 Å². The van der Waals surface area contributed by atoms with Crippen LogP contribution in [0.5, 0.6) is 0 Å². The first-order valence-corrected chi connectivity index (χ1v) is 7.56. The van der Waals surface area contributed by atoms with Gasteiger partial charge in [-0.05, 0) is 37.6 Å². The Morgan fingerprint density at radius 3 is 2.91 bits per heavy atom. The van der Waals surface area contributed by atoms with E-state index in [4.69, 9.17) is 20.9 Å². The third kappa shape index (κ3) is 5.19. The third-order valence-corrected chi connectivity index (χ3v) is 3.30. The first kappa shape index (κ1) is 17.2. The minimum Gasteiger partial charge on any atom is -0.368 e. The number of ether oxygens (including phenoxy) is 1. The number of carbonyl (C=O) groups is 1. The van der Waals surface area contributed by atoms with Crippen LogP contribution in [-0.4, -0.2) is 28.8 Å². The minimum atomic E-state index is -0.548. The van der Waals surface area contributed by atoms with Gasteiger partial charge in [0, 0.05) is 10.6 Å². The lowest BCUT2D eigenvalue weighted by Crippen LogP contribution is -2.34. The first-order valence-electron chi connectivity index (χ1n) is 7.19. The molecule has 0 aliphatic carbocycles. The molecule has 0 bridgehead atoms. The zero-order chi connectivity index (χ0) is 16.7. The summed E-state index contributed by atoms with van der Waals surface area (Å²) in [6, 6.07) is 7.09. The van der Waals surface area contributed by atoms with Crippen LogP contribution < -0.4 is 5.32 Å². The average Bonchev–Trinajstić information content (AvgIpc) is 3.02. The first-order chi connectivity index (χ1) is 11.1. The lowest BCUT2D eigenvalue weighted by molar-refractivity contribution is -0.131. The van der Waals surface area contributed by atoms with Crippen molar-refractivity contribution < 1.29 is 14.1 Å². The summed E-state index contributed by atoms with van der Waals surface area (Å²) in [4.78, 5) is 16.1. The number of nitrogens with zero attached hydrogens (tertiary/aromatic N) is 2. The Morgan fingerprint density at radius 1 is 1.48 bits per heavy atom. The molecule has 0 radical (unpaired) electrons. The normalized spacial score (nSPS) is 11.9. The molecule has 122 valence electrons. The zero-order valence-corrected chi connectivity index (χ0v) is 13.5. The van der Waals surface area contributed by atoms with E-state index in [1.54, 1.807) is 37.3 Å². The van der Waals surface area contributed by atoms with Crippen LogP contribution in [0.25, 0.3) is 11.4 Å². The van der Waals surface area contributed by atoms with Gasteiger partial charge < -0.3 is 14.6 Å². The van der Waals surface area contributed by atoms with Gasteiger partial charge in [-0.25, -0.2) is 0 Å². The third-order valence-electron chi connectivity index (χ3n) is 3.04. The van der Waals surface area contributed by atoms with Crippen molar-refractivity contribution in [1.29, 1.82) is 0 Å². The summed E-state index contributed by atoms with van der Waals surface area (Å²) in [6.45, 7) is 5.89. The molecule has 6 nitrogen and oxygen atoms in total. The highest BCUT2D eigenvalue weighted by molar-refractivity contribution is 6.30. The quantitative estimate of drug-likeness (QED) is 0.592. The molecule has 0 spiro atoms. The van der Waals surface area contributed by atoms with Gasteiger partial charge in [0.2, 0.25) is 17.6 Å². The van der Waals surface area contributed by atoms with Gasteiger partial charge in [-0.15, -0.1) is 6.58 Å². The highest BCUT2D eigenvalue weighted by Gasteiger charge is 2.14. The molecule has 23 heavy (non-hydrogen) atoms. The number of carbonyl (C=O) groups excluding carboxylic acids is 1. The number of nitrogens with one attached hydrogen (secondary N) is 1. The van der Waals surface area contributed by atoms with Crippen molar-refractivity contribution in [3.63, 3.8) is 0 Å². The predicted octanol–water partition coefficient (Wildman–Crippen LogP) is 2.99. The van der Waals surface area contributed by atoms with E-state index in [0.29, 0.717) is 29.8 Å². The van der Waals surface area contributed by atoms with Crippen LogP contribution in [0.4, 0.5) is 0 Å². The van der Waals surface area contributed by atoms with Gasteiger partial charge in [0.1, 0.15) is 6.10 Å². The van der Waals surface area contributed by atoms with Crippen LogP contribution in [-0.2, 0) is 16.1 Å². The van der Waals surface area contributed by atoms with Gasteiger partial charge in [0.25, 0.3) is 0 Å². The number of rotatable bonds is 8. The molecule has 0 saturated heterocycles. The molecule has 2 rings (SSSR count). The van der Waals surface area contributed by atoms with Crippen molar-refractivity contribution >= 4 is 17.5 Å². The molecule has 2 aromatic rings. The molecule has 1 unspecified atom stereocenters. The summed E-state index contributed by atoms with van der Waals surface area (Å²) < 4.78 is 10.5. The van der Waals surface area contributed by atoms with Gasteiger partial charge in [-0.1, -0.05) is 22.8 Å². The van der Waals surface area contributed by atoms with E-state index >= 15 is 0 Å². The van der Waals surface area contributed by atoms with E-state index < -0.39 is 6.10 Å². The Labute approximate surface area is 139 Å². The van der Waals surface area contributed by atoms with Gasteiger partial charge in [-0.3, -0.25) is 4.79 Å².